The SMILES string of the molecule is CC1CN(S(=O)(=O)c2ccc(C(=O)N(C)C3CCN(C)CC3)cc2)CC(C)O1.Cl. The Kier molecular flexibility index (Phi) is 8.09. The Morgan fingerprint density at radius 3 is 2.10 bits per heavy atom. The highest BCUT2D eigenvalue weighted by Crippen LogP contribution is 2.22. The van der Waals surface area contributed by atoms with E-state index in [0.29, 0.717) is 18.7 Å². The van der Waals surface area contributed by atoms with Crippen LogP contribution in [0.4, 0.5) is 0 Å². The molecule has 2 unspecified atom stereocenters. The highest BCUT2D eigenvalue weighted by molar-refractivity contribution is 7.89. The minimum atomic E-state index is -3.59. The van der Waals surface area contributed by atoms with Crippen LogP contribution < -0.4 is 0 Å². The number of carbonyl (C=O) groups is 1. The molecule has 2 fully saturated rings. The summed E-state index contributed by atoms with van der Waals surface area (Å²) < 4.78 is 33.0. The molecule has 1 aromatic carbocycles. The number of piperidine rings is 1. The minimum Gasteiger partial charge on any atom is -0.373 e. The van der Waals surface area contributed by atoms with Gasteiger partial charge >= 0.3 is 0 Å². The summed E-state index contributed by atoms with van der Waals surface area (Å²) in [6, 6.07) is 6.54. The molecule has 0 radical (unpaired) electrons. The van der Waals surface area contributed by atoms with Gasteiger partial charge in [0.25, 0.3) is 5.91 Å². The van der Waals surface area contributed by atoms with E-state index in [1.165, 1.54) is 16.4 Å². The number of nitrogens with zero attached hydrogens (tertiary/aromatic N) is 3. The number of likely N-dealkylation sites (tertiary alicyclic amines) is 1. The molecular formula is C20H32ClN3O4S. The zero-order valence-corrected chi connectivity index (χ0v) is 19.2. The first-order chi connectivity index (χ1) is 13.2. The van der Waals surface area contributed by atoms with Crippen molar-refractivity contribution in [2.45, 2.75) is 49.8 Å². The monoisotopic (exact) mass is 445 g/mol. The molecule has 2 aliphatic rings. The maximum absolute atomic E-state index is 12.9. The van der Waals surface area contributed by atoms with Crippen LogP contribution in [-0.4, -0.2) is 87.0 Å². The molecule has 0 bridgehead atoms. The van der Waals surface area contributed by atoms with Crippen LogP contribution in [0.25, 0.3) is 0 Å². The molecule has 164 valence electrons. The fourth-order valence-corrected chi connectivity index (χ4v) is 5.59. The standard InChI is InChI=1S/C20H31N3O4S.ClH/c1-15-13-23(14-16(2)27-15)28(25,26)19-7-5-17(6-8-19)20(24)22(4)18-9-11-21(3)12-10-18;/h5-8,15-16,18H,9-14H2,1-4H3;1H. The Bertz CT molecular complexity index is 784. The number of halogens is 1. The molecule has 0 aromatic heterocycles. The third-order valence-electron chi connectivity index (χ3n) is 5.68. The molecule has 9 heteroatoms. The molecule has 0 saturated carbocycles. The third-order valence-corrected chi connectivity index (χ3v) is 7.53. The topological polar surface area (TPSA) is 70.2 Å². The number of hydrogen-bond donors (Lipinski definition) is 0. The van der Waals surface area contributed by atoms with Crippen molar-refractivity contribution in [2.75, 3.05) is 40.3 Å². The van der Waals surface area contributed by atoms with Crippen molar-refractivity contribution >= 4 is 28.3 Å². The molecule has 3 rings (SSSR count). The third kappa shape index (κ3) is 5.49. The zero-order chi connectivity index (χ0) is 20.5. The number of ether oxygens (including phenoxy) is 1. The van der Waals surface area contributed by atoms with E-state index in [9.17, 15) is 13.2 Å². The van der Waals surface area contributed by atoms with E-state index >= 15 is 0 Å². The van der Waals surface area contributed by atoms with E-state index in [1.807, 2.05) is 20.9 Å². The van der Waals surface area contributed by atoms with Gasteiger partial charge < -0.3 is 14.5 Å². The average molecular weight is 446 g/mol. The van der Waals surface area contributed by atoms with Crippen molar-refractivity contribution in [3.63, 3.8) is 0 Å². The number of rotatable bonds is 4. The van der Waals surface area contributed by atoms with Crippen LogP contribution in [-0.2, 0) is 14.8 Å². The second-order valence-electron chi connectivity index (χ2n) is 8.05. The summed E-state index contributed by atoms with van der Waals surface area (Å²) >= 11 is 0. The van der Waals surface area contributed by atoms with Crippen molar-refractivity contribution in [1.29, 1.82) is 0 Å². The van der Waals surface area contributed by atoms with Crippen molar-refractivity contribution in [3.05, 3.63) is 29.8 Å². The highest BCUT2D eigenvalue weighted by Gasteiger charge is 2.32. The normalized spacial score (nSPS) is 24.7. The molecule has 0 N–H and O–H groups in total. The molecule has 2 heterocycles. The number of sulfonamides is 1. The first kappa shape index (κ1) is 24.1. The van der Waals surface area contributed by atoms with Gasteiger partial charge in [0.1, 0.15) is 0 Å². The highest BCUT2D eigenvalue weighted by atomic mass is 35.5. The van der Waals surface area contributed by atoms with Crippen molar-refractivity contribution in [1.82, 2.24) is 14.1 Å². The molecule has 7 nitrogen and oxygen atoms in total. The summed E-state index contributed by atoms with van der Waals surface area (Å²) in [5, 5.41) is 0. The van der Waals surface area contributed by atoms with Gasteiger partial charge in [-0.05, 0) is 71.1 Å². The van der Waals surface area contributed by atoms with E-state index in [1.54, 1.807) is 17.0 Å². The van der Waals surface area contributed by atoms with Crippen LogP contribution in [0, 0.1) is 0 Å². The van der Waals surface area contributed by atoms with Crippen LogP contribution in [0.2, 0.25) is 0 Å². The van der Waals surface area contributed by atoms with Crippen LogP contribution in [0.15, 0.2) is 29.2 Å². The quantitative estimate of drug-likeness (QED) is 0.709. The molecule has 1 aromatic rings. The van der Waals surface area contributed by atoms with E-state index in [-0.39, 0.29) is 41.5 Å². The summed E-state index contributed by atoms with van der Waals surface area (Å²) in [5.41, 5.74) is 0.518. The first-order valence-corrected chi connectivity index (χ1v) is 11.3. The summed E-state index contributed by atoms with van der Waals surface area (Å²) in [5.74, 6) is -0.0629. The van der Waals surface area contributed by atoms with Crippen molar-refractivity contribution in [2.24, 2.45) is 0 Å². The molecule has 0 spiro atoms. The van der Waals surface area contributed by atoms with Gasteiger partial charge in [-0.25, -0.2) is 8.42 Å². The van der Waals surface area contributed by atoms with Crippen molar-refractivity contribution < 1.29 is 17.9 Å². The van der Waals surface area contributed by atoms with E-state index in [4.69, 9.17) is 4.74 Å². The molecule has 29 heavy (non-hydrogen) atoms. The van der Waals surface area contributed by atoms with Crippen LogP contribution in [0.3, 0.4) is 0 Å². The van der Waals surface area contributed by atoms with Crippen LogP contribution >= 0.6 is 12.4 Å². The number of amides is 1. The predicted octanol–water partition coefficient (Wildman–Crippen LogP) is 2.07. The van der Waals surface area contributed by atoms with Gasteiger partial charge in [0.15, 0.2) is 0 Å². The summed E-state index contributed by atoms with van der Waals surface area (Å²) in [4.78, 5) is 17.1. The Morgan fingerprint density at radius 1 is 1.07 bits per heavy atom. The lowest BCUT2D eigenvalue weighted by Crippen LogP contribution is -2.48. The fraction of sp³-hybridized carbons (Fsp3) is 0.650. The van der Waals surface area contributed by atoms with Crippen LogP contribution in [0.1, 0.15) is 37.0 Å². The molecule has 1 amide bonds. The number of morpholine rings is 1. The maximum Gasteiger partial charge on any atom is 0.253 e. The molecular weight excluding hydrogens is 414 g/mol. The maximum atomic E-state index is 12.9. The summed E-state index contributed by atoms with van der Waals surface area (Å²) in [7, 11) is 0.329. The van der Waals surface area contributed by atoms with Gasteiger partial charge in [0.05, 0.1) is 17.1 Å². The van der Waals surface area contributed by atoms with Gasteiger partial charge in [-0.15, -0.1) is 12.4 Å². The van der Waals surface area contributed by atoms with Gasteiger partial charge in [0.2, 0.25) is 10.0 Å². The largest absolute Gasteiger partial charge is 0.373 e. The van der Waals surface area contributed by atoms with Gasteiger partial charge in [-0.2, -0.15) is 4.31 Å². The average Bonchev–Trinajstić information content (AvgIpc) is 2.67. The molecule has 2 aliphatic heterocycles. The van der Waals surface area contributed by atoms with E-state index < -0.39 is 10.0 Å². The van der Waals surface area contributed by atoms with Crippen LogP contribution in [0.5, 0.6) is 0 Å². The van der Waals surface area contributed by atoms with E-state index in [0.717, 1.165) is 25.9 Å². The number of benzene rings is 1. The van der Waals surface area contributed by atoms with Gasteiger partial charge in [-0.1, -0.05) is 0 Å². The lowest BCUT2D eigenvalue weighted by molar-refractivity contribution is -0.0440. The first-order valence-electron chi connectivity index (χ1n) is 9.90. The number of carbonyl (C=O) groups excluding carboxylic acids is 1. The van der Waals surface area contributed by atoms with Gasteiger partial charge in [0, 0.05) is 31.7 Å². The lowest BCUT2D eigenvalue weighted by atomic mass is 10.0. The minimum absolute atomic E-state index is 0. The predicted molar refractivity (Wildman–Crippen MR) is 115 cm³/mol. The van der Waals surface area contributed by atoms with Crippen molar-refractivity contribution in [3.8, 4) is 0 Å². The van der Waals surface area contributed by atoms with E-state index in [2.05, 4.69) is 11.9 Å². The molecule has 0 aliphatic carbocycles. The second-order valence-corrected chi connectivity index (χ2v) is 9.99. The second kappa shape index (κ2) is 9.75. The van der Waals surface area contributed by atoms with Gasteiger partial charge in [-0.3, -0.25) is 4.79 Å². The zero-order valence-electron chi connectivity index (χ0n) is 17.6. The molecule has 2 atom stereocenters. The summed E-state index contributed by atoms with van der Waals surface area (Å²) in [6.45, 7) is 6.39. The Balaban J connectivity index is 0.00000300. The Morgan fingerprint density at radius 2 is 1.59 bits per heavy atom. The summed E-state index contributed by atoms with van der Waals surface area (Å²) in [6.07, 6.45) is 1.64. The Labute approximate surface area is 180 Å². The number of hydrogen-bond acceptors (Lipinski definition) is 5. The molecule has 2 saturated heterocycles. The fourth-order valence-electron chi connectivity index (χ4n) is 4.00. The lowest BCUT2D eigenvalue weighted by Gasteiger charge is -2.35. The smallest absolute Gasteiger partial charge is 0.253 e. The Hall–Kier alpha value is -1.19.